The molecule has 1 aromatic heterocycles. The van der Waals surface area contributed by atoms with E-state index in [9.17, 15) is 9.59 Å². The number of para-hydroxylation sites is 1. The lowest BCUT2D eigenvalue weighted by molar-refractivity contribution is -0.199. The van der Waals surface area contributed by atoms with Crippen LogP contribution in [0.3, 0.4) is 0 Å². The predicted octanol–water partition coefficient (Wildman–Crippen LogP) is 3.24. The first-order valence-corrected chi connectivity index (χ1v) is 13.7. The van der Waals surface area contributed by atoms with Gasteiger partial charge in [-0.2, -0.15) is 5.10 Å². The lowest BCUT2D eigenvalue weighted by atomic mass is 9.43. The molecule has 4 fully saturated rings. The third kappa shape index (κ3) is 5.18. The van der Waals surface area contributed by atoms with Gasteiger partial charge in [-0.3, -0.25) is 4.79 Å². The minimum absolute atomic E-state index is 0.0106. The van der Waals surface area contributed by atoms with Crippen LogP contribution in [-0.2, 0) is 31.8 Å². The van der Waals surface area contributed by atoms with Gasteiger partial charge in [0.05, 0.1) is 24.8 Å². The molecule has 11 heteroatoms. The number of aromatic nitrogens is 3. The van der Waals surface area contributed by atoms with Gasteiger partial charge in [0.1, 0.15) is 36.1 Å². The van der Waals surface area contributed by atoms with Crippen molar-refractivity contribution in [2.75, 3.05) is 7.11 Å². The van der Waals surface area contributed by atoms with E-state index in [1.54, 1.807) is 12.1 Å². The fourth-order valence-corrected chi connectivity index (χ4v) is 6.72. The number of methoxy groups -OCH3 is 1. The Bertz CT molecular complexity index is 1230. The second-order valence-corrected chi connectivity index (χ2v) is 12.8. The van der Waals surface area contributed by atoms with Crippen LogP contribution in [0.1, 0.15) is 70.3 Å². The van der Waals surface area contributed by atoms with E-state index in [0.29, 0.717) is 29.6 Å². The Balaban J connectivity index is 1.42. The van der Waals surface area contributed by atoms with E-state index in [-0.39, 0.29) is 24.0 Å². The van der Waals surface area contributed by atoms with Crippen molar-refractivity contribution in [3.63, 3.8) is 0 Å². The molecule has 10 nitrogen and oxygen atoms in total. The summed E-state index contributed by atoms with van der Waals surface area (Å²) in [6, 6.07) is 5.36. The molecule has 1 amide bonds. The third-order valence-corrected chi connectivity index (χ3v) is 8.78. The van der Waals surface area contributed by atoms with Gasteiger partial charge in [0, 0.05) is 0 Å². The number of nitrogens with one attached hydrogen (secondary N) is 1. The second kappa shape index (κ2) is 9.93. The highest BCUT2D eigenvalue weighted by Crippen LogP contribution is 2.65. The minimum Gasteiger partial charge on any atom is -0.496 e. The van der Waals surface area contributed by atoms with Crippen LogP contribution in [0.4, 0.5) is 0 Å². The molecule has 3 aliphatic carbocycles. The smallest absolute Gasteiger partial charge is 0.482 e. The molecular formula is C28H39BN4O6. The summed E-state index contributed by atoms with van der Waals surface area (Å²) in [5.74, 6) is 0.148. The Hall–Kier alpha value is -2.92. The molecule has 2 bridgehead atoms. The van der Waals surface area contributed by atoms with Crippen molar-refractivity contribution in [2.24, 2.45) is 17.3 Å². The van der Waals surface area contributed by atoms with Crippen LogP contribution in [0.2, 0.25) is 0 Å². The Morgan fingerprint density at radius 1 is 1.26 bits per heavy atom. The first-order chi connectivity index (χ1) is 18.3. The monoisotopic (exact) mass is 538 g/mol. The van der Waals surface area contributed by atoms with E-state index < -0.39 is 30.2 Å². The van der Waals surface area contributed by atoms with Crippen LogP contribution < -0.4 is 10.1 Å². The quantitative estimate of drug-likeness (QED) is 0.403. The molecule has 210 valence electrons. The first kappa shape index (κ1) is 27.6. The number of hydrogen-bond acceptors (Lipinski definition) is 8. The van der Waals surface area contributed by atoms with Gasteiger partial charge in [-0.1, -0.05) is 26.0 Å². The van der Waals surface area contributed by atoms with E-state index >= 15 is 0 Å². The lowest BCUT2D eigenvalue weighted by Crippen LogP contribution is -2.65. The highest BCUT2D eigenvalue weighted by Gasteiger charge is 2.68. The summed E-state index contributed by atoms with van der Waals surface area (Å²) in [6.07, 6.45) is 5.24. The lowest BCUT2D eigenvalue weighted by Gasteiger charge is -2.64. The van der Waals surface area contributed by atoms with Crippen molar-refractivity contribution < 1.29 is 28.4 Å². The highest BCUT2D eigenvalue weighted by molar-refractivity contribution is 6.48. The molecular weight excluding hydrogens is 499 g/mol. The molecule has 1 aliphatic heterocycles. The molecule has 6 rings (SSSR count). The zero-order valence-corrected chi connectivity index (χ0v) is 23.9. The Kier molecular flexibility index (Phi) is 7.04. The Labute approximate surface area is 230 Å². The minimum atomic E-state index is -0.662. The van der Waals surface area contributed by atoms with Gasteiger partial charge in [-0.05, 0) is 75.8 Å². The second-order valence-electron chi connectivity index (χ2n) is 12.8. The number of esters is 1. The zero-order chi connectivity index (χ0) is 28.2. The maximum Gasteiger partial charge on any atom is 0.482 e. The van der Waals surface area contributed by atoms with Crippen molar-refractivity contribution in [3.05, 3.63) is 42.0 Å². The van der Waals surface area contributed by atoms with Crippen molar-refractivity contribution in [1.29, 1.82) is 0 Å². The maximum atomic E-state index is 13.1. The van der Waals surface area contributed by atoms with Gasteiger partial charge in [-0.25, -0.2) is 14.5 Å². The highest BCUT2D eigenvalue weighted by atomic mass is 16.7. The van der Waals surface area contributed by atoms with E-state index in [0.717, 1.165) is 18.4 Å². The molecule has 2 aromatic rings. The molecule has 1 N–H and O–H groups in total. The first-order valence-electron chi connectivity index (χ1n) is 13.7. The van der Waals surface area contributed by atoms with Gasteiger partial charge in [0.15, 0.2) is 0 Å². The number of rotatable bonds is 8. The number of ether oxygens (including phenoxy) is 2. The van der Waals surface area contributed by atoms with Crippen molar-refractivity contribution in [3.8, 4) is 5.75 Å². The molecule has 4 aliphatic rings. The van der Waals surface area contributed by atoms with Crippen molar-refractivity contribution in [2.45, 2.75) is 90.6 Å². The van der Waals surface area contributed by atoms with E-state index in [4.69, 9.17) is 18.8 Å². The summed E-state index contributed by atoms with van der Waals surface area (Å²) in [7, 11) is 0.864. The summed E-state index contributed by atoms with van der Waals surface area (Å²) < 4.78 is 26.1. The van der Waals surface area contributed by atoms with E-state index in [2.05, 4.69) is 36.2 Å². The number of benzene rings is 1. The summed E-state index contributed by atoms with van der Waals surface area (Å²) >= 11 is 0. The fourth-order valence-electron chi connectivity index (χ4n) is 6.72. The Morgan fingerprint density at radius 3 is 2.67 bits per heavy atom. The van der Waals surface area contributed by atoms with Gasteiger partial charge in [0.25, 0.3) is 0 Å². The largest absolute Gasteiger partial charge is 0.496 e. The van der Waals surface area contributed by atoms with E-state index in [1.165, 1.54) is 24.4 Å². The van der Waals surface area contributed by atoms with Crippen LogP contribution in [0.25, 0.3) is 0 Å². The van der Waals surface area contributed by atoms with Gasteiger partial charge in [0.2, 0.25) is 5.91 Å². The summed E-state index contributed by atoms with van der Waals surface area (Å²) in [6.45, 7) is 12.3. The fraction of sp³-hybridized carbons (Fsp3) is 0.643. The third-order valence-electron chi connectivity index (χ3n) is 8.78. The average molecular weight is 538 g/mol. The average Bonchev–Trinajstić information content (AvgIpc) is 3.48. The van der Waals surface area contributed by atoms with Crippen LogP contribution in [-0.4, -0.2) is 64.1 Å². The SMILES string of the molecule is COc1c(CC(NC(=O)Cn2cncn2)B2O[C@@H]3C[C@@H]4C[C@@H](C4(C)C)[C@]3(C)O2)cccc1C(=O)OC(C)(C)C. The zero-order valence-electron chi connectivity index (χ0n) is 23.9. The van der Waals surface area contributed by atoms with Crippen LogP contribution >= 0.6 is 0 Å². The molecule has 0 spiro atoms. The van der Waals surface area contributed by atoms with Gasteiger partial charge < -0.3 is 24.1 Å². The molecule has 3 saturated carbocycles. The summed E-state index contributed by atoms with van der Waals surface area (Å²) in [5, 5.41) is 7.16. The van der Waals surface area contributed by atoms with Crippen molar-refractivity contribution >= 4 is 19.0 Å². The summed E-state index contributed by atoms with van der Waals surface area (Å²) in [4.78, 5) is 30.0. The summed E-state index contributed by atoms with van der Waals surface area (Å²) in [5.41, 5.74) is 0.181. The number of nitrogens with zero attached hydrogens (tertiary/aromatic N) is 3. The molecule has 1 aromatic carbocycles. The molecule has 2 heterocycles. The molecule has 5 atom stereocenters. The van der Waals surface area contributed by atoms with Gasteiger partial charge >= 0.3 is 13.1 Å². The number of amides is 1. The topological polar surface area (TPSA) is 114 Å². The number of carbonyl (C=O) groups is 2. The van der Waals surface area contributed by atoms with Gasteiger partial charge in [-0.15, -0.1) is 0 Å². The maximum absolute atomic E-state index is 13.1. The Morgan fingerprint density at radius 2 is 2.03 bits per heavy atom. The van der Waals surface area contributed by atoms with Crippen LogP contribution in [0, 0.1) is 17.3 Å². The normalized spacial score (nSPS) is 27.8. The number of hydrogen-bond donors (Lipinski definition) is 1. The van der Waals surface area contributed by atoms with Crippen LogP contribution in [0.15, 0.2) is 30.9 Å². The van der Waals surface area contributed by atoms with Crippen molar-refractivity contribution in [1.82, 2.24) is 20.1 Å². The molecule has 1 saturated heterocycles. The standard InChI is InChI=1S/C28H39BN4O6/c1-26(2,3)37-25(35)19-10-8-9-17(24(19)36-7)11-22(32-23(34)14-33-16-30-15-31-33)29-38-21-13-18-12-20(27(18,4)5)28(21,6)39-29/h8-10,15-16,18,20-22H,11-14H2,1-7H3,(H,32,34)/t18-,20-,21+,22?,28-/m0/s1. The van der Waals surface area contributed by atoms with Crippen LogP contribution in [0.5, 0.6) is 5.75 Å². The molecule has 0 radical (unpaired) electrons. The molecule has 1 unspecified atom stereocenters. The molecule has 39 heavy (non-hydrogen) atoms. The van der Waals surface area contributed by atoms with E-state index in [1.807, 2.05) is 26.8 Å². The predicted molar refractivity (Wildman–Crippen MR) is 144 cm³/mol. The number of carbonyl (C=O) groups excluding carboxylic acids is 2.